The van der Waals surface area contributed by atoms with Crippen LogP contribution in [0.4, 0.5) is 10.2 Å². The van der Waals surface area contributed by atoms with Gasteiger partial charge in [0.2, 0.25) is 0 Å². The Morgan fingerprint density at radius 3 is 2.62 bits per heavy atom. The lowest BCUT2D eigenvalue weighted by Crippen LogP contribution is -2.45. The molecule has 1 saturated heterocycles. The van der Waals surface area contributed by atoms with Crippen LogP contribution in [0.25, 0.3) is 22.3 Å². The Labute approximate surface area is 244 Å². The van der Waals surface area contributed by atoms with Gasteiger partial charge >= 0.3 is 0 Å². The summed E-state index contributed by atoms with van der Waals surface area (Å²) in [5, 5.41) is 12.8. The van der Waals surface area contributed by atoms with Crippen molar-refractivity contribution in [3.05, 3.63) is 77.4 Å². The van der Waals surface area contributed by atoms with E-state index in [1.165, 1.54) is 18.2 Å². The fourth-order valence-electron chi connectivity index (χ4n) is 5.05. The molecule has 1 aliphatic rings. The molecule has 3 atom stereocenters. The van der Waals surface area contributed by atoms with Crippen LogP contribution < -0.4 is 10.2 Å². The zero-order chi connectivity index (χ0) is 30.0. The summed E-state index contributed by atoms with van der Waals surface area (Å²) in [6.45, 7) is 6.62. The van der Waals surface area contributed by atoms with Crippen LogP contribution in [0.15, 0.2) is 59.6 Å². The van der Waals surface area contributed by atoms with E-state index in [1.807, 2.05) is 24.8 Å². The van der Waals surface area contributed by atoms with Gasteiger partial charge in [0.25, 0.3) is 5.91 Å². The van der Waals surface area contributed by atoms with Crippen LogP contribution in [-0.4, -0.2) is 67.8 Å². The SMILES string of the molecule is Cc1ccc(C(=O)NCc2cc3nc(-c4cc(F)cc(N5C[C@@H](C)O[C@@H](C)C5)n4)ccc3cn2)cc1[S@@](=N)(=O)CCO. The second-order valence-electron chi connectivity index (χ2n) is 10.5. The van der Waals surface area contributed by atoms with Crippen LogP contribution in [0.5, 0.6) is 0 Å². The lowest BCUT2D eigenvalue weighted by molar-refractivity contribution is -0.00547. The Balaban J connectivity index is 1.35. The van der Waals surface area contributed by atoms with Crippen LogP contribution >= 0.6 is 0 Å². The molecule has 0 radical (unpaired) electrons. The van der Waals surface area contributed by atoms with Crippen molar-refractivity contribution in [3.63, 3.8) is 0 Å². The summed E-state index contributed by atoms with van der Waals surface area (Å²) in [5.74, 6) is -0.489. The molecule has 5 rings (SSSR count). The molecule has 0 saturated carbocycles. The zero-order valence-corrected chi connectivity index (χ0v) is 24.4. The number of aromatic nitrogens is 3. The third-order valence-corrected chi connectivity index (χ3v) is 8.94. The van der Waals surface area contributed by atoms with Gasteiger partial charge in [-0.25, -0.2) is 23.3 Å². The Hall–Kier alpha value is -4.00. The number of halogens is 1. The van der Waals surface area contributed by atoms with Gasteiger partial charge in [0.15, 0.2) is 0 Å². The van der Waals surface area contributed by atoms with E-state index in [0.717, 1.165) is 5.39 Å². The summed E-state index contributed by atoms with van der Waals surface area (Å²) < 4.78 is 41.3. The number of nitrogens with one attached hydrogen (secondary N) is 2. The highest BCUT2D eigenvalue weighted by molar-refractivity contribution is 7.92. The van der Waals surface area contributed by atoms with Crippen molar-refractivity contribution >= 4 is 32.4 Å². The number of rotatable bonds is 8. The number of nitrogens with zero attached hydrogens (tertiary/aromatic N) is 4. The van der Waals surface area contributed by atoms with Crippen molar-refractivity contribution in [2.24, 2.45) is 0 Å². The van der Waals surface area contributed by atoms with Crippen molar-refractivity contribution < 1.29 is 23.2 Å². The van der Waals surface area contributed by atoms with Crippen molar-refractivity contribution in [1.29, 1.82) is 4.78 Å². The van der Waals surface area contributed by atoms with Gasteiger partial charge in [-0.1, -0.05) is 6.07 Å². The molecule has 10 nitrogen and oxygen atoms in total. The fourth-order valence-corrected chi connectivity index (χ4v) is 6.43. The molecule has 3 N–H and O–H groups in total. The van der Waals surface area contributed by atoms with E-state index in [4.69, 9.17) is 19.5 Å². The van der Waals surface area contributed by atoms with Gasteiger partial charge in [-0.2, -0.15) is 0 Å². The molecule has 0 aliphatic carbocycles. The first-order valence-corrected chi connectivity index (χ1v) is 15.4. The minimum Gasteiger partial charge on any atom is -0.395 e. The summed E-state index contributed by atoms with van der Waals surface area (Å²) in [6.07, 6.45) is 1.67. The largest absolute Gasteiger partial charge is 0.395 e. The molecule has 0 bridgehead atoms. The number of aryl methyl sites for hydroxylation is 1. The van der Waals surface area contributed by atoms with Crippen LogP contribution in [-0.2, 0) is 21.0 Å². The number of aliphatic hydroxyl groups is 1. The number of aliphatic hydroxyl groups excluding tert-OH is 1. The molecule has 0 unspecified atom stereocenters. The summed E-state index contributed by atoms with van der Waals surface area (Å²) in [7, 11) is -3.22. The number of amides is 1. The quantitative estimate of drug-likeness (QED) is 0.278. The predicted molar refractivity (Wildman–Crippen MR) is 158 cm³/mol. The highest BCUT2D eigenvalue weighted by atomic mass is 32.2. The van der Waals surface area contributed by atoms with Gasteiger partial charge in [-0.05, 0) is 56.7 Å². The number of fused-ring (bicyclic) bond motifs is 1. The number of morpholine rings is 1. The molecule has 12 heteroatoms. The van der Waals surface area contributed by atoms with Crippen LogP contribution in [0, 0.1) is 17.5 Å². The highest BCUT2D eigenvalue weighted by Gasteiger charge is 2.24. The van der Waals surface area contributed by atoms with Crippen LogP contribution in [0.2, 0.25) is 0 Å². The second kappa shape index (κ2) is 12.1. The van der Waals surface area contributed by atoms with E-state index in [1.54, 1.807) is 37.4 Å². The molecule has 220 valence electrons. The molecule has 3 aromatic heterocycles. The monoisotopic (exact) mass is 592 g/mol. The van der Waals surface area contributed by atoms with E-state index >= 15 is 0 Å². The standard InChI is InChI=1S/C30H33FN6O4S/c1-18-4-5-21(10-28(18)42(32,40)9-8-38)30(39)34-15-24-13-26-22(14-33-24)6-7-25(35-26)27-11-23(31)12-29(36-27)37-16-19(2)41-20(3)17-37/h4-7,10-14,19-20,32,38H,8-9,15-17H2,1-3H3,(H,34,39)/t19-,20+,42-/m0/s1. The van der Waals surface area contributed by atoms with Crippen molar-refractivity contribution in [3.8, 4) is 11.4 Å². The first kappa shape index (κ1) is 29.5. The number of pyridine rings is 3. The number of anilines is 1. The maximum absolute atomic E-state index is 14.7. The lowest BCUT2D eigenvalue weighted by Gasteiger charge is -2.36. The molecule has 1 amide bonds. The normalized spacial score (nSPS) is 18.5. The minimum atomic E-state index is -3.22. The maximum Gasteiger partial charge on any atom is 0.251 e. The Morgan fingerprint density at radius 1 is 1.12 bits per heavy atom. The number of hydrogen-bond acceptors (Lipinski definition) is 9. The van der Waals surface area contributed by atoms with Crippen molar-refractivity contribution in [2.75, 3.05) is 30.3 Å². The third-order valence-electron chi connectivity index (χ3n) is 7.03. The molecular formula is C30H33FN6O4S. The van der Waals surface area contributed by atoms with E-state index in [-0.39, 0.29) is 41.6 Å². The smallest absolute Gasteiger partial charge is 0.251 e. The first-order chi connectivity index (χ1) is 20.0. The van der Waals surface area contributed by atoms with E-state index in [9.17, 15) is 18.5 Å². The first-order valence-electron chi connectivity index (χ1n) is 13.6. The van der Waals surface area contributed by atoms with Gasteiger partial charge in [-0.3, -0.25) is 9.78 Å². The van der Waals surface area contributed by atoms with Gasteiger partial charge in [-0.15, -0.1) is 0 Å². The average molecular weight is 593 g/mol. The molecule has 42 heavy (non-hydrogen) atoms. The van der Waals surface area contributed by atoms with Crippen molar-refractivity contribution in [2.45, 2.75) is 44.4 Å². The van der Waals surface area contributed by atoms with Crippen LogP contribution in [0.3, 0.4) is 0 Å². The molecule has 0 spiro atoms. The third kappa shape index (κ3) is 6.56. The lowest BCUT2D eigenvalue weighted by atomic mass is 10.1. The van der Waals surface area contributed by atoms with E-state index in [2.05, 4.69) is 10.3 Å². The van der Waals surface area contributed by atoms with E-state index in [0.29, 0.717) is 47.1 Å². The fraction of sp³-hybridized carbons (Fsp3) is 0.333. The van der Waals surface area contributed by atoms with Gasteiger partial charge in [0.05, 0.1) is 68.3 Å². The Morgan fingerprint density at radius 2 is 1.88 bits per heavy atom. The second-order valence-corrected chi connectivity index (χ2v) is 12.7. The molecule has 4 heterocycles. The number of carbonyl (C=O) groups is 1. The molecular weight excluding hydrogens is 559 g/mol. The Bertz CT molecular complexity index is 1740. The number of hydrogen-bond donors (Lipinski definition) is 3. The number of ether oxygens (including phenoxy) is 1. The van der Waals surface area contributed by atoms with Crippen LogP contribution in [0.1, 0.15) is 35.5 Å². The number of carbonyl (C=O) groups excluding carboxylic acids is 1. The highest BCUT2D eigenvalue weighted by Crippen LogP contribution is 2.26. The molecule has 1 aliphatic heterocycles. The zero-order valence-electron chi connectivity index (χ0n) is 23.6. The predicted octanol–water partition coefficient (Wildman–Crippen LogP) is 4.08. The summed E-state index contributed by atoms with van der Waals surface area (Å²) in [5.41, 5.74) is 2.96. The molecule has 4 aromatic rings. The Kier molecular flexibility index (Phi) is 8.48. The molecule has 1 aromatic carbocycles. The molecule has 1 fully saturated rings. The topological polar surface area (TPSA) is 141 Å². The summed E-state index contributed by atoms with van der Waals surface area (Å²) in [4.78, 5) is 29.0. The van der Waals surface area contributed by atoms with E-state index < -0.39 is 21.5 Å². The van der Waals surface area contributed by atoms with Gasteiger partial charge in [0.1, 0.15) is 11.6 Å². The maximum atomic E-state index is 14.7. The van der Waals surface area contributed by atoms with Gasteiger partial charge < -0.3 is 20.1 Å². The minimum absolute atomic E-state index is 0.00538. The number of benzene rings is 1. The summed E-state index contributed by atoms with van der Waals surface area (Å²) in [6, 6.07) is 12.8. The van der Waals surface area contributed by atoms with Crippen molar-refractivity contribution in [1.82, 2.24) is 20.3 Å². The average Bonchev–Trinajstić information content (AvgIpc) is 2.94. The summed E-state index contributed by atoms with van der Waals surface area (Å²) >= 11 is 0. The van der Waals surface area contributed by atoms with Gasteiger partial charge in [0, 0.05) is 42.4 Å².